The number of nitrogens with one attached hydrogen (secondary N) is 2. The Morgan fingerprint density at radius 3 is 2.68 bits per heavy atom. The van der Waals surface area contributed by atoms with E-state index in [4.69, 9.17) is 11.5 Å². The lowest BCUT2D eigenvalue weighted by Crippen LogP contribution is -2.41. The van der Waals surface area contributed by atoms with Gasteiger partial charge in [0.15, 0.2) is 0 Å². The summed E-state index contributed by atoms with van der Waals surface area (Å²) in [5, 5.41) is 6.61. The van der Waals surface area contributed by atoms with Crippen molar-refractivity contribution < 1.29 is 9.59 Å². The molecule has 1 aliphatic heterocycles. The Morgan fingerprint density at radius 1 is 1.32 bits per heavy atom. The topological polar surface area (TPSA) is 135 Å². The summed E-state index contributed by atoms with van der Waals surface area (Å²) in [7, 11) is 0. The van der Waals surface area contributed by atoms with E-state index in [1.165, 1.54) is 6.20 Å². The Bertz CT molecular complexity index is 1050. The number of carbonyl (C=O) groups is 2. The fourth-order valence-corrected chi connectivity index (χ4v) is 5.19. The molecule has 1 aromatic heterocycles. The van der Waals surface area contributed by atoms with Gasteiger partial charge in [0.1, 0.15) is 11.4 Å². The van der Waals surface area contributed by atoms with Crippen LogP contribution in [0.2, 0.25) is 0 Å². The van der Waals surface area contributed by atoms with Crippen LogP contribution in [0, 0.1) is 18.8 Å². The first kappa shape index (κ1) is 21.4. The molecule has 0 bridgehead atoms. The van der Waals surface area contributed by atoms with Crippen molar-refractivity contribution in [1.29, 1.82) is 0 Å². The largest absolute Gasteiger partial charge is 0.368 e. The summed E-state index contributed by atoms with van der Waals surface area (Å²) in [4.78, 5) is 33.2. The Labute approximate surface area is 186 Å². The summed E-state index contributed by atoms with van der Waals surface area (Å²) in [5.41, 5.74) is 14.7. The van der Waals surface area contributed by atoms with E-state index < -0.39 is 17.4 Å². The number of carbonyl (C=O) groups excluding carboxylic acids is 2. The molecule has 31 heavy (non-hydrogen) atoms. The maximum absolute atomic E-state index is 12.2. The molecule has 4 atom stereocenters. The van der Waals surface area contributed by atoms with Gasteiger partial charge in [0, 0.05) is 17.5 Å². The molecule has 4 rings (SSSR count). The number of aliphatic imine (C=N–C) groups is 1. The van der Waals surface area contributed by atoms with Gasteiger partial charge in [-0.1, -0.05) is 19.9 Å². The molecule has 1 fully saturated rings. The third-order valence-electron chi connectivity index (χ3n) is 6.50. The van der Waals surface area contributed by atoms with Gasteiger partial charge in [-0.15, -0.1) is 11.8 Å². The minimum Gasteiger partial charge on any atom is -0.368 e. The van der Waals surface area contributed by atoms with Crippen LogP contribution in [0.15, 0.2) is 35.1 Å². The second-order valence-electron chi connectivity index (χ2n) is 8.98. The summed E-state index contributed by atoms with van der Waals surface area (Å²) < 4.78 is -0.0938. The van der Waals surface area contributed by atoms with Crippen LogP contribution in [0.4, 0.5) is 11.5 Å². The van der Waals surface area contributed by atoms with E-state index in [1.807, 2.05) is 24.6 Å². The fourth-order valence-electron chi connectivity index (χ4n) is 4.36. The Morgan fingerprint density at radius 2 is 2.06 bits per heavy atom. The number of amides is 2. The number of nitrogens with zero attached hydrogens (tertiary/aromatic N) is 2. The highest BCUT2D eigenvalue weighted by Gasteiger charge is 2.60. The normalized spacial score (nSPS) is 30.7. The van der Waals surface area contributed by atoms with Crippen LogP contribution in [0.25, 0.3) is 0 Å². The third-order valence-corrected chi connectivity index (χ3v) is 7.62. The number of hydrogen-bond acceptors (Lipinski definition) is 7. The van der Waals surface area contributed by atoms with Gasteiger partial charge in [0.25, 0.3) is 5.91 Å². The number of pyridine rings is 1. The minimum atomic E-state index is -0.820. The van der Waals surface area contributed by atoms with E-state index in [0.717, 1.165) is 5.70 Å². The van der Waals surface area contributed by atoms with Crippen molar-refractivity contribution in [3.63, 3.8) is 0 Å². The highest BCUT2D eigenvalue weighted by molar-refractivity contribution is 8.13. The van der Waals surface area contributed by atoms with Crippen molar-refractivity contribution in [2.75, 3.05) is 10.6 Å². The quantitative estimate of drug-likeness (QED) is 0.514. The smallest absolute Gasteiger partial charge is 0.252 e. The summed E-state index contributed by atoms with van der Waals surface area (Å²) >= 11 is 1.68. The molecule has 1 aromatic rings. The summed E-state index contributed by atoms with van der Waals surface area (Å²) in [6, 6.07) is 0.0122. The van der Waals surface area contributed by atoms with Gasteiger partial charge in [-0.25, -0.2) is 4.98 Å². The summed E-state index contributed by atoms with van der Waals surface area (Å²) in [5.74, 6) is -0.0264. The van der Waals surface area contributed by atoms with Gasteiger partial charge in [-0.05, 0) is 44.3 Å². The van der Waals surface area contributed by atoms with Crippen LogP contribution in [0.3, 0.4) is 0 Å². The maximum Gasteiger partial charge on any atom is 0.252 e. The number of nitrogens with two attached hydrogens (primary N) is 2. The standard InChI is InChI=1S/C22H28N6O2S/c1-11(2)15-8-22(15,20(24)30)28-19-12(3)17(14(9-25-19)18(23)29)27-13-5-6-21(4)16(7-13)26-10-31-21/h5-7,9-11,15-16H,8H2,1-4H3,(H2,23,29)(H2,24,30)(H2,25,27,28)/t15-,16?,21?,22?/m1/s1. The van der Waals surface area contributed by atoms with Crippen molar-refractivity contribution in [3.8, 4) is 0 Å². The SMILES string of the molecule is Cc1c(NC2(C(N)=O)C[C@@H]2C(C)C)ncc(C(N)=O)c1NC1=CC2N=CSC2(C)C=C1. The molecular formula is C22H28N6O2S. The van der Waals surface area contributed by atoms with Crippen LogP contribution in [-0.2, 0) is 4.79 Å². The molecular weight excluding hydrogens is 412 g/mol. The lowest BCUT2D eigenvalue weighted by atomic mass is 9.95. The average molecular weight is 441 g/mol. The second-order valence-corrected chi connectivity index (χ2v) is 10.3. The van der Waals surface area contributed by atoms with E-state index in [-0.39, 0.29) is 22.3 Å². The molecule has 0 radical (unpaired) electrons. The lowest BCUT2D eigenvalue weighted by Gasteiger charge is -2.28. The predicted octanol–water partition coefficient (Wildman–Crippen LogP) is 2.57. The number of thioether (sulfide) groups is 1. The molecule has 3 unspecified atom stereocenters. The van der Waals surface area contributed by atoms with Crippen molar-refractivity contribution in [2.24, 2.45) is 28.3 Å². The van der Waals surface area contributed by atoms with Crippen LogP contribution < -0.4 is 22.1 Å². The van der Waals surface area contributed by atoms with E-state index >= 15 is 0 Å². The van der Waals surface area contributed by atoms with Gasteiger partial charge in [-0.2, -0.15) is 0 Å². The number of aromatic nitrogens is 1. The molecule has 1 saturated carbocycles. The van der Waals surface area contributed by atoms with Crippen molar-refractivity contribution in [1.82, 2.24) is 4.98 Å². The number of anilines is 2. The molecule has 0 saturated heterocycles. The third kappa shape index (κ3) is 3.60. The Hall–Kier alpha value is -2.81. The minimum absolute atomic E-state index is 0.0122. The number of rotatable bonds is 7. The Kier molecular flexibility index (Phi) is 5.12. The summed E-state index contributed by atoms with van der Waals surface area (Å²) in [6.45, 7) is 8.12. The second kappa shape index (κ2) is 7.40. The molecule has 0 aromatic carbocycles. The number of hydrogen-bond donors (Lipinski definition) is 4. The molecule has 2 heterocycles. The van der Waals surface area contributed by atoms with E-state index in [1.54, 1.807) is 11.8 Å². The number of primary amides is 2. The molecule has 6 N–H and O–H groups in total. The molecule has 8 nitrogen and oxygen atoms in total. The van der Waals surface area contributed by atoms with E-state index in [0.29, 0.717) is 29.4 Å². The first-order chi connectivity index (χ1) is 14.6. The molecule has 2 amide bonds. The van der Waals surface area contributed by atoms with E-state index in [2.05, 4.69) is 47.5 Å². The molecule has 9 heteroatoms. The van der Waals surface area contributed by atoms with Crippen molar-refractivity contribution >= 4 is 40.6 Å². The molecule has 2 aliphatic carbocycles. The van der Waals surface area contributed by atoms with Crippen LogP contribution in [0.1, 0.15) is 43.1 Å². The zero-order chi connectivity index (χ0) is 22.6. The van der Waals surface area contributed by atoms with Crippen molar-refractivity contribution in [2.45, 2.75) is 50.4 Å². The molecule has 0 spiro atoms. The van der Waals surface area contributed by atoms with Gasteiger partial charge >= 0.3 is 0 Å². The van der Waals surface area contributed by atoms with Gasteiger partial charge in [0.05, 0.1) is 27.6 Å². The molecule has 164 valence electrons. The predicted molar refractivity (Wildman–Crippen MR) is 125 cm³/mol. The lowest BCUT2D eigenvalue weighted by molar-refractivity contribution is -0.120. The number of allylic oxidation sites excluding steroid dienone is 1. The highest BCUT2D eigenvalue weighted by Crippen LogP contribution is 2.51. The van der Waals surface area contributed by atoms with Crippen molar-refractivity contribution in [3.05, 3.63) is 41.2 Å². The van der Waals surface area contributed by atoms with Crippen LogP contribution in [0.5, 0.6) is 0 Å². The number of fused-ring (bicyclic) bond motifs is 1. The molecule has 3 aliphatic rings. The zero-order valence-corrected chi connectivity index (χ0v) is 18.9. The first-order valence-electron chi connectivity index (χ1n) is 10.3. The zero-order valence-electron chi connectivity index (χ0n) is 18.1. The van der Waals surface area contributed by atoms with Gasteiger partial charge in [0.2, 0.25) is 5.91 Å². The highest BCUT2D eigenvalue weighted by atomic mass is 32.2. The van der Waals surface area contributed by atoms with Crippen LogP contribution >= 0.6 is 11.8 Å². The Balaban J connectivity index is 1.67. The van der Waals surface area contributed by atoms with Gasteiger partial charge in [-0.3, -0.25) is 14.6 Å². The van der Waals surface area contributed by atoms with Crippen LogP contribution in [-0.4, -0.2) is 38.7 Å². The maximum atomic E-state index is 12.2. The average Bonchev–Trinajstić information content (AvgIpc) is 3.32. The van der Waals surface area contributed by atoms with Gasteiger partial charge < -0.3 is 22.1 Å². The summed E-state index contributed by atoms with van der Waals surface area (Å²) in [6.07, 6.45) is 8.22. The first-order valence-corrected chi connectivity index (χ1v) is 11.2. The van der Waals surface area contributed by atoms with E-state index in [9.17, 15) is 9.59 Å². The monoisotopic (exact) mass is 440 g/mol. The fraction of sp³-hybridized carbons (Fsp3) is 0.455.